The lowest BCUT2D eigenvalue weighted by Gasteiger charge is -2.35. The number of carbonyl (C=O) groups excluding carboxylic acids is 1. The normalized spacial score (nSPS) is 27.1. The lowest BCUT2D eigenvalue weighted by molar-refractivity contribution is -0.140. The van der Waals surface area contributed by atoms with Gasteiger partial charge in [-0.1, -0.05) is 13.8 Å². The fourth-order valence-corrected chi connectivity index (χ4v) is 2.00. The molecular formula is C12H21NO2. The molecule has 1 aliphatic carbocycles. The smallest absolute Gasteiger partial charge is 0.223 e. The Hall–Kier alpha value is -0.570. The van der Waals surface area contributed by atoms with Crippen LogP contribution in [0.2, 0.25) is 0 Å². The number of hydrogen-bond donors (Lipinski definition) is 0. The molecule has 0 N–H and O–H groups in total. The second kappa shape index (κ2) is 4.52. The molecule has 2 rings (SSSR count). The molecule has 0 bridgehead atoms. The quantitative estimate of drug-likeness (QED) is 0.710. The monoisotopic (exact) mass is 211 g/mol. The summed E-state index contributed by atoms with van der Waals surface area (Å²) in [5.41, 5.74) is 0. The van der Waals surface area contributed by atoms with Crippen molar-refractivity contribution >= 4 is 5.91 Å². The fourth-order valence-electron chi connectivity index (χ4n) is 2.00. The summed E-state index contributed by atoms with van der Waals surface area (Å²) in [5, 5.41) is 0. The van der Waals surface area contributed by atoms with Crippen molar-refractivity contribution in [2.75, 3.05) is 19.7 Å². The highest BCUT2D eigenvalue weighted by Gasteiger charge is 2.30. The van der Waals surface area contributed by atoms with Gasteiger partial charge in [0.15, 0.2) is 0 Å². The summed E-state index contributed by atoms with van der Waals surface area (Å²) < 4.78 is 5.65. The standard InChI is InChI=1S/C12H21NO2/c1-9(2)11-8-13(5-6-15-11)12(14)7-10-3-4-10/h9-11H,3-8H2,1-2H3/t11-/m1/s1. The number of rotatable bonds is 3. The summed E-state index contributed by atoms with van der Waals surface area (Å²) in [4.78, 5) is 13.9. The van der Waals surface area contributed by atoms with E-state index in [0.29, 0.717) is 24.3 Å². The summed E-state index contributed by atoms with van der Waals surface area (Å²) in [7, 11) is 0. The maximum atomic E-state index is 11.9. The molecule has 3 nitrogen and oxygen atoms in total. The van der Waals surface area contributed by atoms with Crippen LogP contribution >= 0.6 is 0 Å². The van der Waals surface area contributed by atoms with Crippen molar-refractivity contribution in [2.24, 2.45) is 11.8 Å². The van der Waals surface area contributed by atoms with Crippen molar-refractivity contribution in [3.63, 3.8) is 0 Å². The second-order valence-electron chi connectivity index (χ2n) is 5.14. The van der Waals surface area contributed by atoms with Crippen LogP contribution in [-0.4, -0.2) is 36.6 Å². The summed E-state index contributed by atoms with van der Waals surface area (Å²) in [6.07, 6.45) is 3.51. The Balaban J connectivity index is 1.82. The van der Waals surface area contributed by atoms with Crippen molar-refractivity contribution in [1.29, 1.82) is 0 Å². The number of carbonyl (C=O) groups is 1. The molecule has 15 heavy (non-hydrogen) atoms. The molecule has 0 unspecified atom stereocenters. The number of morpholine rings is 1. The predicted molar refractivity (Wildman–Crippen MR) is 58.5 cm³/mol. The molecule has 1 aliphatic heterocycles. The van der Waals surface area contributed by atoms with Gasteiger partial charge in [0, 0.05) is 19.5 Å². The van der Waals surface area contributed by atoms with Crippen molar-refractivity contribution in [1.82, 2.24) is 4.90 Å². The van der Waals surface area contributed by atoms with E-state index < -0.39 is 0 Å². The van der Waals surface area contributed by atoms with Crippen molar-refractivity contribution in [3.8, 4) is 0 Å². The number of amides is 1. The summed E-state index contributed by atoms with van der Waals surface area (Å²) in [5.74, 6) is 1.53. The van der Waals surface area contributed by atoms with Crippen LogP contribution in [0.25, 0.3) is 0 Å². The van der Waals surface area contributed by atoms with Gasteiger partial charge in [0.1, 0.15) is 0 Å². The van der Waals surface area contributed by atoms with Gasteiger partial charge < -0.3 is 9.64 Å². The highest BCUT2D eigenvalue weighted by Crippen LogP contribution is 2.33. The Bertz CT molecular complexity index is 236. The minimum atomic E-state index is 0.238. The van der Waals surface area contributed by atoms with Crippen LogP contribution in [-0.2, 0) is 9.53 Å². The lowest BCUT2D eigenvalue weighted by Crippen LogP contribution is -2.47. The largest absolute Gasteiger partial charge is 0.374 e. The van der Waals surface area contributed by atoms with Crippen LogP contribution in [0.5, 0.6) is 0 Å². The molecule has 1 heterocycles. The van der Waals surface area contributed by atoms with E-state index >= 15 is 0 Å². The number of ether oxygens (including phenoxy) is 1. The van der Waals surface area contributed by atoms with Gasteiger partial charge in [-0.2, -0.15) is 0 Å². The molecule has 0 aromatic rings. The van der Waals surface area contributed by atoms with Gasteiger partial charge in [-0.3, -0.25) is 4.79 Å². The van der Waals surface area contributed by atoms with E-state index in [-0.39, 0.29) is 6.10 Å². The topological polar surface area (TPSA) is 29.5 Å². The van der Waals surface area contributed by atoms with Gasteiger partial charge >= 0.3 is 0 Å². The van der Waals surface area contributed by atoms with E-state index in [1.807, 2.05) is 4.90 Å². The summed E-state index contributed by atoms with van der Waals surface area (Å²) in [6, 6.07) is 0. The van der Waals surface area contributed by atoms with Gasteiger partial charge in [0.2, 0.25) is 5.91 Å². The molecule has 1 amide bonds. The Morgan fingerprint density at radius 3 is 2.80 bits per heavy atom. The van der Waals surface area contributed by atoms with Crippen molar-refractivity contribution < 1.29 is 9.53 Å². The number of hydrogen-bond acceptors (Lipinski definition) is 2. The number of nitrogens with zero attached hydrogens (tertiary/aromatic N) is 1. The van der Waals surface area contributed by atoms with Crippen LogP contribution in [0, 0.1) is 11.8 Å². The Morgan fingerprint density at radius 1 is 1.47 bits per heavy atom. The molecule has 0 spiro atoms. The molecule has 0 radical (unpaired) electrons. The third kappa shape index (κ3) is 2.94. The molecule has 2 fully saturated rings. The van der Waals surface area contributed by atoms with Gasteiger partial charge in [-0.25, -0.2) is 0 Å². The molecule has 0 aromatic heterocycles. The maximum Gasteiger partial charge on any atom is 0.223 e. The van der Waals surface area contributed by atoms with E-state index in [9.17, 15) is 4.79 Å². The lowest BCUT2D eigenvalue weighted by atomic mass is 10.1. The van der Waals surface area contributed by atoms with Crippen molar-refractivity contribution in [2.45, 2.75) is 39.2 Å². The van der Waals surface area contributed by atoms with Crippen LogP contribution < -0.4 is 0 Å². The van der Waals surface area contributed by atoms with Gasteiger partial charge in [-0.05, 0) is 24.7 Å². The molecule has 1 saturated heterocycles. The highest BCUT2D eigenvalue weighted by molar-refractivity contribution is 5.76. The summed E-state index contributed by atoms with van der Waals surface area (Å²) in [6.45, 7) is 6.59. The average molecular weight is 211 g/mol. The Morgan fingerprint density at radius 2 is 2.20 bits per heavy atom. The SMILES string of the molecule is CC(C)[C@H]1CN(C(=O)CC2CC2)CCO1. The van der Waals surface area contributed by atoms with E-state index in [0.717, 1.165) is 19.5 Å². The van der Waals surface area contributed by atoms with Crippen LogP contribution in [0.4, 0.5) is 0 Å². The summed E-state index contributed by atoms with van der Waals surface area (Å²) >= 11 is 0. The third-order valence-corrected chi connectivity index (χ3v) is 3.35. The van der Waals surface area contributed by atoms with Gasteiger partial charge in [0.05, 0.1) is 12.7 Å². The van der Waals surface area contributed by atoms with E-state index in [1.54, 1.807) is 0 Å². The zero-order valence-corrected chi connectivity index (χ0v) is 9.74. The molecule has 1 atom stereocenters. The first-order chi connectivity index (χ1) is 7.16. The fraction of sp³-hybridized carbons (Fsp3) is 0.917. The molecule has 0 aromatic carbocycles. The van der Waals surface area contributed by atoms with Crippen molar-refractivity contribution in [3.05, 3.63) is 0 Å². The van der Waals surface area contributed by atoms with Crippen LogP contribution in [0.3, 0.4) is 0 Å². The van der Waals surface area contributed by atoms with Crippen LogP contribution in [0.1, 0.15) is 33.1 Å². The first-order valence-corrected chi connectivity index (χ1v) is 6.06. The molecule has 86 valence electrons. The van der Waals surface area contributed by atoms with E-state index in [4.69, 9.17) is 4.74 Å². The first-order valence-electron chi connectivity index (χ1n) is 6.06. The molecule has 1 saturated carbocycles. The minimum Gasteiger partial charge on any atom is -0.374 e. The van der Waals surface area contributed by atoms with Gasteiger partial charge in [-0.15, -0.1) is 0 Å². The zero-order valence-electron chi connectivity index (χ0n) is 9.74. The van der Waals surface area contributed by atoms with E-state index in [1.165, 1.54) is 12.8 Å². The van der Waals surface area contributed by atoms with Gasteiger partial charge in [0.25, 0.3) is 0 Å². The van der Waals surface area contributed by atoms with E-state index in [2.05, 4.69) is 13.8 Å². The Kier molecular flexibility index (Phi) is 3.29. The van der Waals surface area contributed by atoms with Crippen LogP contribution in [0.15, 0.2) is 0 Å². The first kappa shape index (κ1) is 10.9. The predicted octanol–water partition coefficient (Wildman–Crippen LogP) is 1.67. The third-order valence-electron chi connectivity index (χ3n) is 3.35. The molecule has 3 heteroatoms. The molecular weight excluding hydrogens is 190 g/mol. The molecule has 2 aliphatic rings. The highest BCUT2D eigenvalue weighted by atomic mass is 16.5. The average Bonchev–Trinajstić information content (AvgIpc) is 3.02. The maximum absolute atomic E-state index is 11.9. The second-order valence-corrected chi connectivity index (χ2v) is 5.14. The zero-order chi connectivity index (χ0) is 10.8. The Labute approximate surface area is 91.8 Å². The minimum absolute atomic E-state index is 0.238.